The molecule has 1 unspecified atom stereocenters. The Labute approximate surface area is 114 Å². The molecule has 0 saturated carbocycles. The van der Waals surface area contributed by atoms with E-state index in [9.17, 15) is 13.2 Å². The number of halogens is 4. The van der Waals surface area contributed by atoms with Crippen molar-refractivity contribution in [2.45, 2.75) is 4.83 Å². The van der Waals surface area contributed by atoms with E-state index in [-0.39, 0.29) is 5.56 Å². The highest BCUT2D eigenvalue weighted by Gasteiger charge is 2.22. The molecule has 0 fully saturated rings. The van der Waals surface area contributed by atoms with Gasteiger partial charge in [0.1, 0.15) is 23.2 Å². The minimum absolute atomic E-state index is 0.207. The zero-order valence-electron chi connectivity index (χ0n) is 9.22. The van der Waals surface area contributed by atoms with Gasteiger partial charge in [-0.15, -0.1) is 11.3 Å². The first kappa shape index (κ1) is 13.4. The van der Waals surface area contributed by atoms with Crippen LogP contribution in [-0.2, 0) is 0 Å². The van der Waals surface area contributed by atoms with Gasteiger partial charge in [-0.2, -0.15) is 0 Å². The van der Waals surface area contributed by atoms with Crippen molar-refractivity contribution < 1.29 is 17.9 Å². The lowest BCUT2D eigenvalue weighted by Gasteiger charge is -2.10. The fourth-order valence-electron chi connectivity index (χ4n) is 1.51. The van der Waals surface area contributed by atoms with Crippen molar-refractivity contribution in [2.24, 2.45) is 0 Å². The Hall–Kier alpha value is -1.01. The molecule has 0 saturated heterocycles. The van der Waals surface area contributed by atoms with Crippen LogP contribution in [0, 0.1) is 17.5 Å². The van der Waals surface area contributed by atoms with Gasteiger partial charge in [0, 0.05) is 28.0 Å². The van der Waals surface area contributed by atoms with E-state index in [4.69, 9.17) is 4.74 Å². The second-order valence-corrected chi connectivity index (χ2v) is 5.39. The molecule has 18 heavy (non-hydrogen) atoms. The first-order chi connectivity index (χ1) is 8.52. The lowest BCUT2D eigenvalue weighted by molar-refractivity contribution is 0.416. The zero-order valence-corrected chi connectivity index (χ0v) is 11.6. The summed E-state index contributed by atoms with van der Waals surface area (Å²) in [6, 6.07) is 3.00. The average molecular weight is 337 g/mol. The van der Waals surface area contributed by atoms with Crippen LogP contribution in [-0.4, -0.2) is 7.11 Å². The summed E-state index contributed by atoms with van der Waals surface area (Å²) in [5, 5.41) is 1.73. The van der Waals surface area contributed by atoms with Crippen molar-refractivity contribution in [3.05, 3.63) is 51.5 Å². The summed E-state index contributed by atoms with van der Waals surface area (Å²) in [7, 11) is 1.51. The molecule has 1 nitrogen and oxygen atoms in total. The molecule has 0 radical (unpaired) electrons. The van der Waals surface area contributed by atoms with E-state index in [0.717, 1.165) is 0 Å². The van der Waals surface area contributed by atoms with Crippen molar-refractivity contribution in [1.82, 2.24) is 0 Å². The van der Waals surface area contributed by atoms with Crippen LogP contribution in [0.25, 0.3) is 0 Å². The Morgan fingerprint density at radius 3 is 2.28 bits per heavy atom. The quantitative estimate of drug-likeness (QED) is 0.741. The Kier molecular flexibility index (Phi) is 3.97. The molecular weight excluding hydrogens is 329 g/mol. The average Bonchev–Trinajstić information content (AvgIpc) is 2.75. The van der Waals surface area contributed by atoms with E-state index in [0.29, 0.717) is 22.8 Å². The maximum atomic E-state index is 13.6. The lowest BCUT2D eigenvalue weighted by Crippen LogP contribution is -2.00. The van der Waals surface area contributed by atoms with E-state index in [2.05, 4.69) is 15.9 Å². The summed E-state index contributed by atoms with van der Waals surface area (Å²) in [6.45, 7) is 0. The highest BCUT2D eigenvalue weighted by molar-refractivity contribution is 9.09. The number of benzene rings is 1. The summed E-state index contributed by atoms with van der Waals surface area (Å²) in [5.41, 5.74) is -0.207. The second-order valence-electron chi connectivity index (χ2n) is 3.53. The first-order valence-electron chi connectivity index (χ1n) is 4.94. The molecule has 0 N–H and O–H groups in total. The Morgan fingerprint density at radius 2 is 1.78 bits per heavy atom. The predicted molar refractivity (Wildman–Crippen MR) is 68.0 cm³/mol. The summed E-state index contributed by atoms with van der Waals surface area (Å²) in [4.78, 5) is 0.00302. The van der Waals surface area contributed by atoms with Crippen LogP contribution >= 0.6 is 27.3 Å². The van der Waals surface area contributed by atoms with Crippen LogP contribution in [0.5, 0.6) is 5.75 Å². The van der Waals surface area contributed by atoms with Gasteiger partial charge in [-0.05, 0) is 6.07 Å². The van der Waals surface area contributed by atoms with Crippen molar-refractivity contribution in [1.29, 1.82) is 0 Å². The molecule has 6 heteroatoms. The number of ether oxygens (including phenoxy) is 1. The molecule has 1 aromatic heterocycles. The summed E-state index contributed by atoms with van der Waals surface area (Å²) < 4.78 is 45.0. The number of hydrogen-bond donors (Lipinski definition) is 0. The van der Waals surface area contributed by atoms with Crippen LogP contribution in [0.4, 0.5) is 13.2 Å². The van der Waals surface area contributed by atoms with Gasteiger partial charge in [-0.1, -0.05) is 15.9 Å². The summed E-state index contributed by atoms with van der Waals surface area (Å²) in [6.07, 6.45) is 0. The van der Waals surface area contributed by atoms with Gasteiger partial charge in [0.05, 0.1) is 11.9 Å². The van der Waals surface area contributed by atoms with Crippen LogP contribution < -0.4 is 4.74 Å². The molecule has 0 bridgehead atoms. The Balaban J connectivity index is 2.42. The van der Waals surface area contributed by atoms with Crippen LogP contribution in [0.15, 0.2) is 23.6 Å². The van der Waals surface area contributed by atoms with E-state index < -0.39 is 22.3 Å². The minimum Gasteiger partial charge on any atom is -0.496 e. The molecule has 0 spiro atoms. The molecule has 0 aliphatic rings. The van der Waals surface area contributed by atoms with Gasteiger partial charge in [-0.25, -0.2) is 13.2 Å². The molecule has 0 aliphatic carbocycles. The molecule has 1 aromatic carbocycles. The van der Waals surface area contributed by atoms with Gasteiger partial charge in [0.25, 0.3) is 0 Å². The van der Waals surface area contributed by atoms with Crippen LogP contribution in [0.2, 0.25) is 0 Å². The van der Waals surface area contributed by atoms with Crippen molar-refractivity contribution >= 4 is 27.3 Å². The third-order valence-electron chi connectivity index (χ3n) is 2.38. The van der Waals surface area contributed by atoms with Crippen molar-refractivity contribution in [3.63, 3.8) is 0 Å². The summed E-state index contributed by atoms with van der Waals surface area (Å²) >= 11 is 4.51. The van der Waals surface area contributed by atoms with Gasteiger partial charge in [0.15, 0.2) is 0 Å². The zero-order chi connectivity index (χ0) is 13.3. The second kappa shape index (κ2) is 5.32. The third-order valence-corrected chi connectivity index (χ3v) is 4.61. The molecule has 96 valence electrons. The lowest BCUT2D eigenvalue weighted by atomic mass is 10.1. The van der Waals surface area contributed by atoms with Crippen molar-refractivity contribution in [2.75, 3.05) is 7.11 Å². The molecule has 0 aliphatic heterocycles. The first-order valence-corrected chi connectivity index (χ1v) is 6.73. The normalized spacial score (nSPS) is 12.5. The predicted octanol–water partition coefficient (Wildman–Crippen LogP) is 4.66. The molecule has 1 atom stereocenters. The standard InChI is InChI=1S/C12H8BrF3OS/c1-17-7-4-10(18-5-7)12(13)11-8(15)2-6(14)3-9(11)16/h2-5,12H,1H3. The fraction of sp³-hybridized carbons (Fsp3) is 0.167. The van der Waals surface area contributed by atoms with E-state index in [1.165, 1.54) is 18.4 Å². The largest absolute Gasteiger partial charge is 0.496 e. The number of thiophene rings is 1. The summed E-state index contributed by atoms with van der Waals surface area (Å²) in [5.74, 6) is -2.15. The Bertz CT molecular complexity index is 547. The van der Waals surface area contributed by atoms with Crippen molar-refractivity contribution in [3.8, 4) is 5.75 Å². The maximum Gasteiger partial charge on any atom is 0.133 e. The molecule has 2 rings (SSSR count). The Morgan fingerprint density at radius 1 is 1.17 bits per heavy atom. The number of alkyl halides is 1. The van der Waals surface area contributed by atoms with Gasteiger partial charge in [0.2, 0.25) is 0 Å². The SMILES string of the molecule is COc1csc(C(Br)c2c(F)cc(F)cc2F)c1. The maximum absolute atomic E-state index is 13.6. The molecular formula is C12H8BrF3OS. The topological polar surface area (TPSA) is 9.23 Å². The smallest absolute Gasteiger partial charge is 0.133 e. The minimum atomic E-state index is -0.933. The monoisotopic (exact) mass is 336 g/mol. The van der Waals surface area contributed by atoms with Crippen LogP contribution in [0.1, 0.15) is 15.3 Å². The molecule has 2 aromatic rings. The van der Waals surface area contributed by atoms with Gasteiger partial charge < -0.3 is 4.74 Å². The van der Waals surface area contributed by atoms with E-state index >= 15 is 0 Å². The fourth-order valence-corrected chi connectivity index (χ4v) is 3.24. The highest BCUT2D eigenvalue weighted by atomic mass is 79.9. The van der Waals surface area contributed by atoms with Gasteiger partial charge in [-0.3, -0.25) is 0 Å². The number of hydrogen-bond acceptors (Lipinski definition) is 2. The van der Waals surface area contributed by atoms with E-state index in [1.54, 1.807) is 11.4 Å². The number of methoxy groups -OCH3 is 1. The van der Waals surface area contributed by atoms with E-state index in [1.807, 2.05) is 0 Å². The van der Waals surface area contributed by atoms with Gasteiger partial charge >= 0.3 is 0 Å². The molecule has 1 heterocycles. The van der Waals surface area contributed by atoms with Crippen LogP contribution in [0.3, 0.4) is 0 Å². The highest BCUT2D eigenvalue weighted by Crippen LogP contribution is 2.39. The number of rotatable bonds is 3. The molecule has 0 amide bonds. The third kappa shape index (κ3) is 2.54.